The number of hydrogen-bond acceptors (Lipinski definition) is 4. The maximum Gasteiger partial charge on any atom is 0.320 e. The van der Waals surface area contributed by atoms with Crippen LogP contribution in [0.3, 0.4) is 0 Å². The first-order valence-electron chi connectivity index (χ1n) is 4.15. The molecule has 0 amide bonds. The van der Waals surface area contributed by atoms with Crippen LogP contribution in [-0.2, 0) is 19.6 Å². The zero-order valence-electron chi connectivity index (χ0n) is 9.20. The number of likely N-dealkylation sites (N-methyl/N-ethyl adjacent to an activating group) is 1. The lowest BCUT2D eigenvalue weighted by Crippen LogP contribution is -2.43. The molecule has 0 atom stereocenters. The van der Waals surface area contributed by atoms with Crippen LogP contribution < -0.4 is 0 Å². The molecular formula is C8H17NO4S. The summed E-state index contributed by atoms with van der Waals surface area (Å²) < 4.78 is 27.9. The van der Waals surface area contributed by atoms with E-state index in [1.807, 2.05) is 0 Å². The van der Waals surface area contributed by atoms with Crippen LogP contribution in [0.1, 0.15) is 20.8 Å². The van der Waals surface area contributed by atoms with Crippen LogP contribution in [-0.4, -0.2) is 44.1 Å². The first-order valence-corrected chi connectivity index (χ1v) is 5.59. The molecule has 0 aromatic rings. The van der Waals surface area contributed by atoms with E-state index < -0.39 is 20.7 Å². The molecule has 0 aliphatic rings. The summed E-state index contributed by atoms with van der Waals surface area (Å²) >= 11 is 0. The van der Waals surface area contributed by atoms with Gasteiger partial charge in [-0.3, -0.25) is 4.79 Å². The predicted molar refractivity (Wildman–Crippen MR) is 53.3 cm³/mol. The van der Waals surface area contributed by atoms with E-state index in [0.29, 0.717) is 0 Å². The average molecular weight is 223 g/mol. The molecule has 0 unspecified atom stereocenters. The highest BCUT2D eigenvalue weighted by atomic mass is 32.2. The molecule has 84 valence electrons. The van der Waals surface area contributed by atoms with E-state index in [-0.39, 0.29) is 6.54 Å². The number of rotatable bonds is 3. The van der Waals surface area contributed by atoms with E-state index in [4.69, 9.17) is 0 Å². The topological polar surface area (TPSA) is 63.7 Å². The van der Waals surface area contributed by atoms with Crippen molar-refractivity contribution in [3.05, 3.63) is 0 Å². The smallest absolute Gasteiger partial charge is 0.320 e. The highest BCUT2D eigenvalue weighted by Gasteiger charge is 2.33. The van der Waals surface area contributed by atoms with E-state index in [1.54, 1.807) is 20.8 Å². The Morgan fingerprint density at radius 3 is 2.07 bits per heavy atom. The molecule has 5 nitrogen and oxygen atoms in total. The van der Waals surface area contributed by atoms with Crippen molar-refractivity contribution in [3.63, 3.8) is 0 Å². The zero-order chi connectivity index (χ0) is 11.6. The fourth-order valence-electron chi connectivity index (χ4n) is 0.799. The fraction of sp³-hybridized carbons (Fsp3) is 0.875. The van der Waals surface area contributed by atoms with E-state index in [0.717, 1.165) is 4.31 Å². The first kappa shape index (κ1) is 13.4. The lowest BCUT2D eigenvalue weighted by atomic mass is 10.3. The zero-order valence-corrected chi connectivity index (χ0v) is 10.0. The lowest BCUT2D eigenvalue weighted by molar-refractivity contribution is -0.140. The molecule has 0 aliphatic heterocycles. The molecule has 0 spiro atoms. The van der Waals surface area contributed by atoms with Gasteiger partial charge in [0.15, 0.2) is 0 Å². The summed E-state index contributed by atoms with van der Waals surface area (Å²) in [7, 11) is -0.868. The Labute approximate surface area is 85.1 Å². The number of sulfonamides is 1. The predicted octanol–water partition coefficient (Wildman–Crippen LogP) is 0.219. The van der Waals surface area contributed by atoms with Gasteiger partial charge in [-0.1, -0.05) is 0 Å². The van der Waals surface area contributed by atoms with Crippen LogP contribution in [0.4, 0.5) is 0 Å². The third-order valence-electron chi connectivity index (χ3n) is 1.76. The minimum atomic E-state index is -3.45. The molecule has 0 saturated carbocycles. The highest BCUT2D eigenvalue weighted by molar-refractivity contribution is 7.90. The summed E-state index contributed by atoms with van der Waals surface area (Å²) in [5.41, 5.74) is 0. The molecular weight excluding hydrogens is 206 g/mol. The van der Waals surface area contributed by atoms with Gasteiger partial charge in [-0.25, -0.2) is 8.42 Å². The van der Waals surface area contributed by atoms with Crippen molar-refractivity contribution in [2.24, 2.45) is 0 Å². The Bertz CT molecular complexity index is 302. The molecule has 6 heteroatoms. The van der Waals surface area contributed by atoms with Gasteiger partial charge in [-0.2, -0.15) is 4.31 Å². The van der Waals surface area contributed by atoms with Crippen LogP contribution in [0, 0.1) is 0 Å². The van der Waals surface area contributed by atoms with Gasteiger partial charge in [0.2, 0.25) is 10.0 Å². The second kappa shape index (κ2) is 4.27. The van der Waals surface area contributed by atoms with Crippen molar-refractivity contribution >= 4 is 16.0 Å². The minimum absolute atomic E-state index is 0.254. The third-order valence-corrected chi connectivity index (χ3v) is 4.26. The van der Waals surface area contributed by atoms with Crippen LogP contribution >= 0.6 is 0 Å². The van der Waals surface area contributed by atoms with E-state index in [2.05, 4.69) is 4.74 Å². The number of hydrogen-bond donors (Lipinski definition) is 0. The quantitative estimate of drug-likeness (QED) is 0.642. The Balaban J connectivity index is 4.71. The number of nitrogens with zero attached hydrogens (tertiary/aromatic N) is 1. The number of carbonyl (C=O) groups is 1. The first-order chi connectivity index (χ1) is 6.13. The summed E-state index contributed by atoms with van der Waals surface area (Å²) in [6.45, 7) is 4.48. The SMILES string of the molecule is COC(=O)CN(C)S(=O)(=O)C(C)(C)C. The normalized spacial score (nSPS) is 13.0. The molecule has 0 aliphatic carbocycles. The second-order valence-electron chi connectivity index (χ2n) is 3.95. The van der Waals surface area contributed by atoms with Crippen molar-refractivity contribution in [1.82, 2.24) is 4.31 Å². The molecule has 14 heavy (non-hydrogen) atoms. The van der Waals surface area contributed by atoms with Crippen LogP contribution in [0.2, 0.25) is 0 Å². The Morgan fingerprint density at radius 2 is 1.79 bits per heavy atom. The molecule has 0 radical (unpaired) electrons. The summed E-state index contributed by atoms with van der Waals surface area (Å²) in [5.74, 6) is -0.569. The summed E-state index contributed by atoms with van der Waals surface area (Å²) in [5, 5.41) is 0. The second-order valence-corrected chi connectivity index (χ2v) is 6.75. The maximum atomic E-state index is 11.7. The molecule has 0 heterocycles. The van der Waals surface area contributed by atoms with Gasteiger partial charge in [0, 0.05) is 7.05 Å². The number of esters is 1. The largest absolute Gasteiger partial charge is 0.468 e. The lowest BCUT2D eigenvalue weighted by Gasteiger charge is -2.25. The Hall–Kier alpha value is -0.620. The molecule has 0 bridgehead atoms. The van der Waals surface area contributed by atoms with Crippen molar-refractivity contribution in [2.75, 3.05) is 20.7 Å². The maximum absolute atomic E-state index is 11.7. The van der Waals surface area contributed by atoms with Gasteiger partial charge >= 0.3 is 5.97 Å². The third kappa shape index (κ3) is 2.95. The molecule has 0 aromatic carbocycles. The van der Waals surface area contributed by atoms with Crippen LogP contribution in [0.5, 0.6) is 0 Å². The summed E-state index contributed by atoms with van der Waals surface area (Å²) in [4.78, 5) is 10.9. The Morgan fingerprint density at radius 1 is 1.36 bits per heavy atom. The highest BCUT2D eigenvalue weighted by Crippen LogP contribution is 2.18. The van der Waals surface area contributed by atoms with Crippen molar-refractivity contribution < 1.29 is 17.9 Å². The van der Waals surface area contributed by atoms with Crippen molar-refractivity contribution in [1.29, 1.82) is 0 Å². The van der Waals surface area contributed by atoms with Gasteiger partial charge in [0.05, 0.1) is 11.9 Å². The molecule has 0 fully saturated rings. The van der Waals surface area contributed by atoms with E-state index in [1.165, 1.54) is 14.2 Å². The average Bonchev–Trinajstić information content (AvgIpc) is 2.01. The van der Waals surface area contributed by atoms with Gasteiger partial charge in [0.25, 0.3) is 0 Å². The number of carbonyl (C=O) groups excluding carboxylic acids is 1. The Kier molecular flexibility index (Phi) is 4.08. The molecule has 0 saturated heterocycles. The van der Waals surface area contributed by atoms with Gasteiger partial charge in [0.1, 0.15) is 6.54 Å². The van der Waals surface area contributed by atoms with Crippen LogP contribution in [0.15, 0.2) is 0 Å². The van der Waals surface area contributed by atoms with Gasteiger partial charge < -0.3 is 4.74 Å². The monoisotopic (exact) mass is 223 g/mol. The fourth-order valence-corrected chi connectivity index (χ4v) is 2.01. The van der Waals surface area contributed by atoms with Crippen molar-refractivity contribution in [2.45, 2.75) is 25.5 Å². The summed E-state index contributed by atoms with van der Waals surface area (Å²) in [6.07, 6.45) is 0. The van der Waals surface area contributed by atoms with E-state index >= 15 is 0 Å². The van der Waals surface area contributed by atoms with Gasteiger partial charge in [-0.05, 0) is 20.8 Å². The molecule has 0 N–H and O–H groups in total. The molecule has 0 rings (SSSR count). The number of methoxy groups -OCH3 is 1. The van der Waals surface area contributed by atoms with Crippen molar-refractivity contribution in [3.8, 4) is 0 Å². The van der Waals surface area contributed by atoms with E-state index in [9.17, 15) is 13.2 Å². The standard InChI is InChI=1S/C8H17NO4S/c1-8(2,3)14(11,12)9(4)6-7(10)13-5/h6H2,1-5H3. The minimum Gasteiger partial charge on any atom is -0.468 e. The summed E-state index contributed by atoms with van der Waals surface area (Å²) in [6, 6.07) is 0. The number of ether oxygens (including phenoxy) is 1. The van der Waals surface area contributed by atoms with Gasteiger partial charge in [-0.15, -0.1) is 0 Å². The molecule has 0 aromatic heterocycles. The van der Waals surface area contributed by atoms with Crippen LogP contribution in [0.25, 0.3) is 0 Å².